The monoisotopic (exact) mass is 253 g/mol. The summed E-state index contributed by atoms with van der Waals surface area (Å²) in [6.07, 6.45) is 3.24. The smallest absolute Gasteiger partial charge is 0.167 e. The molecule has 1 heterocycles. The summed E-state index contributed by atoms with van der Waals surface area (Å²) in [6, 6.07) is 5.10. The van der Waals surface area contributed by atoms with Gasteiger partial charge in [0, 0.05) is 24.7 Å². The summed E-state index contributed by atoms with van der Waals surface area (Å²) in [7, 11) is 0. The maximum absolute atomic E-state index is 13.2. The molecule has 0 atom stereocenters. The fraction of sp³-hybridized carbons (Fsp3) is 0.231. The van der Waals surface area contributed by atoms with Crippen LogP contribution in [0.5, 0.6) is 5.75 Å². The summed E-state index contributed by atoms with van der Waals surface area (Å²) in [5.74, 6) is -1.25. The molecular weight excluding hydrogens is 240 g/mol. The lowest BCUT2D eigenvalue weighted by atomic mass is 10.3. The highest BCUT2D eigenvalue weighted by molar-refractivity contribution is 5.24. The van der Waals surface area contributed by atoms with Crippen LogP contribution in [0.3, 0.4) is 0 Å². The topological polar surface area (TPSA) is 34.4 Å². The first-order chi connectivity index (χ1) is 8.75. The number of nitrogens with one attached hydrogen (secondary N) is 1. The number of hydrogen-bond donors (Lipinski definition) is 1. The first-order valence-electron chi connectivity index (χ1n) is 5.55. The van der Waals surface area contributed by atoms with E-state index in [9.17, 15) is 8.78 Å². The SMILES string of the molecule is Fc1ccc(OCCNCc2ccoc2)c(F)c1. The van der Waals surface area contributed by atoms with Crippen LogP contribution in [0, 0.1) is 11.6 Å². The van der Waals surface area contributed by atoms with Crippen molar-refractivity contribution >= 4 is 0 Å². The molecule has 2 rings (SSSR count). The van der Waals surface area contributed by atoms with E-state index >= 15 is 0 Å². The van der Waals surface area contributed by atoms with Crippen molar-refractivity contribution in [1.29, 1.82) is 0 Å². The van der Waals surface area contributed by atoms with E-state index in [4.69, 9.17) is 9.15 Å². The van der Waals surface area contributed by atoms with Crippen molar-refractivity contribution in [2.75, 3.05) is 13.2 Å². The molecule has 5 heteroatoms. The number of rotatable bonds is 6. The largest absolute Gasteiger partial charge is 0.489 e. The summed E-state index contributed by atoms with van der Waals surface area (Å²) >= 11 is 0. The first kappa shape index (κ1) is 12.6. The van der Waals surface area contributed by atoms with Crippen LogP contribution in [0.15, 0.2) is 41.2 Å². The molecule has 0 aliphatic heterocycles. The highest BCUT2D eigenvalue weighted by Gasteiger charge is 2.04. The molecule has 0 aliphatic rings. The van der Waals surface area contributed by atoms with E-state index in [1.54, 1.807) is 12.5 Å². The molecule has 0 radical (unpaired) electrons. The predicted octanol–water partition coefficient (Wildman–Crippen LogP) is 2.73. The van der Waals surface area contributed by atoms with Crippen molar-refractivity contribution in [2.24, 2.45) is 0 Å². The maximum atomic E-state index is 13.2. The molecule has 0 saturated heterocycles. The summed E-state index contributed by atoms with van der Waals surface area (Å²) in [5.41, 5.74) is 1.03. The van der Waals surface area contributed by atoms with Gasteiger partial charge in [-0.15, -0.1) is 0 Å². The molecule has 2 aromatic rings. The van der Waals surface area contributed by atoms with Crippen LogP contribution in [0.1, 0.15) is 5.56 Å². The normalized spacial score (nSPS) is 10.6. The quantitative estimate of drug-likeness (QED) is 0.804. The van der Waals surface area contributed by atoms with E-state index in [2.05, 4.69) is 5.32 Å². The van der Waals surface area contributed by atoms with Gasteiger partial charge in [0.1, 0.15) is 12.4 Å². The zero-order valence-corrected chi connectivity index (χ0v) is 9.66. The molecule has 0 aliphatic carbocycles. The van der Waals surface area contributed by atoms with Crippen molar-refractivity contribution in [3.63, 3.8) is 0 Å². The number of halogens is 2. The van der Waals surface area contributed by atoms with Crippen LogP contribution in [0.25, 0.3) is 0 Å². The van der Waals surface area contributed by atoms with Crippen LogP contribution in [0.4, 0.5) is 8.78 Å². The van der Waals surface area contributed by atoms with Crippen molar-refractivity contribution in [1.82, 2.24) is 5.32 Å². The Kier molecular flexibility index (Phi) is 4.30. The van der Waals surface area contributed by atoms with Gasteiger partial charge in [-0.25, -0.2) is 8.78 Å². The lowest BCUT2D eigenvalue weighted by Gasteiger charge is -2.07. The second-order valence-corrected chi connectivity index (χ2v) is 3.73. The third kappa shape index (κ3) is 3.56. The number of ether oxygens (including phenoxy) is 1. The molecule has 18 heavy (non-hydrogen) atoms. The van der Waals surface area contributed by atoms with E-state index in [1.807, 2.05) is 6.07 Å². The molecule has 1 N–H and O–H groups in total. The standard InChI is InChI=1S/C13H13F2NO2/c14-11-1-2-13(12(15)7-11)18-6-4-16-8-10-3-5-17-9-10/h1-3,5,7,9,16H,4,6,8H2. The average molecular weight is 253 g/mol. The van der Waals surface area contributed by atoms with E-state index in [1.165, 1.54) is 6.07 Å². The molecule has 0 unspecified atom stereocenters. The summed E-state index contributed by atoms with van der Waals surface area (Å²) in [4.78, 5) is 0. The van der Waals surface area contributed by atoms with Crippen molar-refractivity contribution in [3.05, 3.63) is 54.0 Å². The highest BCUT2D eigenvalue weighted by atomic mass is 19.1. The Bertz CT molecular complexity index is 486. The average Bonchev–Trinajstić information content (AvgIpc) is 2.84. The number of furan rings is 1. The van der Waals surface area contributed by atoms with Gasteiger partial charge in [0.05, 0.1) is 12.5 Å². The van der Waals surface area contributed by atoms with Crippen LogP contribution >= 0.6 is 0 Å². The summed E-state index contributed by atoms with van der Waals surface area (Å²) in [5, 5.41) is 3.11. The van der Waals surface area contributed by atoms with Gasteiger partial charge in [-0.3, -0.25) is 0 Å². The van der Waals surface area contributed by atoms with Gasteiger partial charge in [0.25, 0.3) is 0 Å². The predicted molar refractivity (Wildman–Crippen MR) is 62.3 cm³/mol. The van der Waals surface area contributed by atoms with Gasteiger partial charge < -0.3 is 14.5 Å². The Hall–Kier alpha value is -1.88. The maximum Gasteiger partial charge on any atom is 0.167 e. The van der Waals surface area contributed by atoms with Crippen molar-refractivity contribution in [2.45, 2.75) is 6.54 Å². The molecule has 0 fully saturated rings. The minimum Gasteiger partial charge on any atom is -0.489 e. The second-order valence-electron chi connectivity index (χ2n) is 3.73. The summed E-state index contributed by atoms with van der Waals surface area (Å²) in [6.45, 7) is 1.52. The Morgan fingerprint density at radius 1 is 1.22 bits per heavy atom. The lowest BCUT2D eigenvalue weighted by molar-refractivity contribution is 0.297. The van der Waals surface area contributed by atoms with E-state index in [0.29, 0.717) is 19.7 Å². The molecule has 3 nitrogen and oxygen atoms in total. The van der Waals surface area contributed by atoms with Gasteiger partial charge in [0.15, 0.2) is 11.6 Å². The lowest BCUT2D eigenvalue weighted by Crippen LogP contribution is -2.20. The van der Waals surface area contributed by atoms with E-state index in [-0.39, 0.29) is 5.75 Å². The van der Waals surface area contributed by atoms with E-state index in [0.717, 1.165) is 17.7 Å². The highest BCUT2D eigenvalue weighted by Crippen LogP contribution is 2.17. The van der Waals surface area contributed by atoms with Crippen LogP contribution in [-0.2, 0) is 6.54 Å². The zero-order chi connectivity index (χ0) is 12.8. The van der Waals surface area contributed by atoms with Gasteiger partial charge >= 0.3 is 0 Å². The molecular formula is C13H13F2NO2. The Morgan fingerprint density at radius 2 is 2.11 bits per heavy atom. The van der Waals surface area contributed by atoms with Crippen molar-refractivity contribution in [3.8, 4) is 5.75 Å². The third-order valence-corrected chi connectivity index (χ3v) is 2.34. The molecule has 0 saturated carbocycles. The van der Waals surface area contributed by atoms with E-state index < -0.39 is 11.6 Å². The van der Waals surface area contributed by atoms with Crippen molar-refractivity contribution < 1.29 is 17.9 Å². The number of benzene rings is 1. The van der Waals surface area contributed by atoms with Crippen LogP contribution in [-0.4, -0.2) is 13.2 Å². The Morgan fingerprint density at radius 3 is 2.83 bits per heavy atom. The van der Waals surface area contributed by atoms with Gasteiger partial charge in [-0.05, 0) is 18.2 Å². The minimum atomic E-state index is -0.690. The second kappa shape index (κ2) is 6.16. The van der Waals surface area contributed by atoms with Gasteiger partial charge in [0.2, 0.25) is 0 Å². The molecule has 0 bridgehead atoms. The molecule has 1 aromatic heterocycles. The minimum absolute atomic E-state index is 0.0570. The van der Waals surface area contributed by atoms with Gasteiger partial charge in [-0.1, -0.05) is 0 Å². The summed E-state index contributed by atoms with van der Waals surface area (Å²) < 4.78 is 35.9. The number of hydrogen-bond acceptors (Lipinski definition) is 3. The molecule has 0 amide bonds. The van der Waals surface area contributed by atoms with Crippen LogP contribution in [0.2, 0.25) is 0 Å². The molecule has 96 valence electrons. The Balaban J connectivity index is 1.69. The Labute approximate surface area is 103 Å². The fourth-order valence-electron chi connectivity index (χ4n) is 1.45. The van der Waals surface area contributed by atoms with Gasteiger partial charge in [-0.2, -0.15) is 0 Å². The molecule has 1 aromatic carbocycles. The molecule has 0 spiro atoms. The zero-order valence-electron chi connectivity index (χ0n) is 9.66. The fourth-order valence-corrected chi connectivity index (χ4v) is 1.45. The third-order valence-electron chi connectivity index (χ3n) is 2.34. The first-order valence-corrected chi connectivity index (χ1v) is 5.55. The van der Waals surface area contributed by atoms with Crippen LogP contribution < -0.4 is 10.1 Å².